The zero-order valence-corrected chi connectivity index (χ0v) is 18.0. The van der Waals surface area contributed by atoms with Crippen LogP contribution in [0.1, 0.15) is 19.3 Å². The molecule has 2 rings (SSSR count). The van der Waals surface area contributed by atoms with Crippen LogP contribution in [0.25, 0.3) is 0 Å². The molecule has 142 valence electrons. The molecule has 0 aromatic rings. The van der Waals surface area contributed by atoms with Crippen LogP contribution in [-0.2, 0) is 14.8 Å². The molecule has 9 heteroatoms. The topological polar surface area (TPSA) is 74.2 Å². The van der Waals surface area contributed by atoms with Crippen molar-refractivity contribution in [1.82, 2.24) is 14.5 Å². The molecule has 1 atom stereocenters. The number of hydrogen-bond donors (Lipinski definition) is 1. The van der Waals surface area contributed by atoms with Gasteiger partial charge in [-0.3, -0.25) is 4.99 Å². The average molecular weight is 474 g/mol. The molecule has 2 aliphatic heterocycles. The summed E-state index contributed by atoms with van der Waals surface area (Å²) in [7, 11) is 0.814. The van der Waals surface area contributed by atoms with E-state index in [1.807, 2.05) is 0 Å². The van der Waals surface area contributed by atoms with Gasteiger partial charge in [-0.15, -0.1) is 24.0 Å². The molecule has 0 aromatic carbocycles. The lowest BCUT2D eigenvalue weighted by Gasteiger charge is -2.31. The Balaban J connectivity index is 0.00000288. The Labute approximate surface area is 163 Å². The van der Waals surface area contributed by atoms with Crippen LogP contribution in [0.5, 0.6) is 0 Å². The molecule has 0 amide bonds. The second-order valence-electron chi connectivity index (χ2n) is 6.64. The Bertz CT molecular complexity index is 501. The van der Waals surface area contributed by atoms with Gasteiger partial charge in [-0.1, -0.05) is 0 Å². The number of halogens is 1. The number of piperidine rings is 1. The molecular formula is C15H31IN4O3S. The Hall–Kier alpha value is -0.130. The van der Waals surface area contributed by atoms with Crippen molar-refractivity contribution in [3.63, 3.8) is 0 Å². The molecular weight excluding hydrogens is 443 g/mol. The molecule has 0 bridgehead atoms. The van der Waals surface area contributed by atoms with Crippen LogP contribution < -0.4 is 5.32 Å². The largest absolute Gasteiger partial charge is 0.381 e. The molecule has 2 fully saturated rings. The van der Waals surface area contributed by atoms with E-state index in [1.165, 1.54) is 6.26 Å². The third-order valence-electron chi connectivity index (χ3n) is 4.72. The van der Waals surface area contributed by atoms with E-state index in [-0.39, 0.29) is 24.0 Å². The van der Waals surface area contributed by atoms with Crippen molar-refractivity contribution in [3.8, 4) is 0 Å². The van der Waals surface area contributed by atoms with Crippen LogP contribution in [0.4, 0.5) is 0 Å². The Morgan fingerprint density at radius 1 is 1.29 bits per heavy atom. The maximum Gasteiger partial charge on any atom is 0.211 e. The summed E-state index contributed by atoms with van der Waals surface area (Å²) in [5.41, 5.74) is 0. The number of aliphatic imine (C=N–C) groups is 1. The van der Waals surface area contributed by atoms with Crippen molar-refractivity contribution in [3.05, 3.63) is 0 Å². The fraction of sp³-hybridized carbons (Fsp3) is 0.933. The highest BCUT2D eigenvalue weighted by Crippen LogP contribution is 2.18. The molecule has 0 aliphatic carbocycles. The summed E-state index contributed by atoms with van der Waals surface area (Å²) in [5, 5.41) is 3.43. The number of rotatable bonds is 5. The van der Waals surface area contributed by atoms with Gasteiger partial charge in [0.25, 0.3) is 0 Å². The van der Waals surface area contributed by atoms with Gasteiger partial charge < -0.3 is 15.0 Å². The predicted molar refractivity (Wildman–Crippen MR) is 107 cm³/mol. The second-order valence-corrected chi connectivity index (χ2v) is 8.63. The lowest BCUT2D eigenvalue weighted by molar-refractivity contribution is 0.181. The van der Waals surface area contributed by atoms with E-state index in [0.717, 1.165) is 51.5 Å². The van der Waals surface area contributed by atoms with E-state index in [1.54, 1.807) is 11.4 Å². The van der Waals surface area contributed by atoms with Gasteiger partial charge >= 0.3 is 0 Å². The zero-order chi connectivity index (χ0) is 16.9. The zero-order valence-electron chi connectivity index (χ0n) is 14.9. The van der Waals surface area contributed by atoms with Gasteiger partial charge in [-0.2, -0.15) is 0 Å². The highest BCUT2D eigenvalue weighted by molar-refractivity contribution is 14.0. The van der Waals surface area contributed by atoms with E-state index in [9.17, 15) is 8.42 Å². The Morgan fingerprint density at radius 3 is 2.46 bits per heavy atom. The standard InChI is InChI=1S/C15H30N4O3S.HI/c1-16-15(18(2)11-14-6-9-22-12-14)17-10-13-4-7-19(8-5-13)23(3,20)21;/h13-14H,4-12H2,1-3H3,(H,16,17);1H. The molecule has 7 nitrogen and oxygen atoms in total. The third-order valence-corrected chi connectivity index (χ3v) is 6.02. The lowest BCUT2D eigenvalue weighted by Crippen LogP contribution is -2.45. The Kier molecular flexibility index (Phi) is 9.24. The maximum atomic E-state index is 11.5. The van der Waals surface area contributed by atoms with Crippen LogP contribution in [0.15, 0.2) is 4.99 Å². The number of hydrogen-bond acceptors (Lipinski definition) is 4. The molecule has 0 radical (unpaired) electrons. The predicted octanol–water partition coefficient (Wildman–Crippen LogP) is 0.820. The number of sulfonamides is 1. The Morgan fingerprint density at radius 2 is 1.96 bits per heavy atom. The minimum Gasteiger partial charge on any atom is -0.381 e. The molecule has 1 unspecified atom stereocenters. The summed E-state index contributed by atoms with van der Waals surface area (Å²) in [6.45, 7) is 4.74. The number of guanidine groups is 1. The fourth-order valence-electron chi connectivity index (χ4n) is 3.27. The molecule has 0 saturated carbocycles. The van der Waals surface area contributed by atoms with Crippen LogP contribution in [0, 0.1) is 11.8 Å². The fourth-order valence-corrected chi connectivity index (χ4v) is 4.14. The highest BCUT2D eigenvalue weighted by atomic mass is 127. The van der Waals surface area contributed by atoms with Crippen molar-refractivity contribution in [2.24, 2.45) is 16.8 Å². The van der Waals surface area contributed by atoms with Gasteiger partial charge in [0, 0.05) is 52.8 Å². The van der Waals surface area contributed by atoms with Crippen molar-refractivity contribution >= 4 is 40.0 Å². The first-order chi connectivity index (χ1) is 10.9. The summed E-state index contributed by atoms with van der Waals surface area (Å²) in [6, 6.07) is 0. The number of nitrogens with one attached hydrogen (secondary N) is 1. The van der Waals surface area contributed by atoms with E-state index in [2.05, 4.69) is 22.3 Å². The minimum absolute atomic E-state index is 0. The summed E-state index contributed by atoms with van der Waals surface area (Å²) < 4.78 is 30.1. The van der Waals surface area contributed by atoms with E-state index < -0.39 is 10.0 Å². The van der Waals surface area contributed by atoms with E-state index in [0.29, 0.717) is 24.9 Å². The van der Waals surface area contributed by atoms with E-state index >= 15 is 0 Å². The monoisotopic (exact) mass is 474 g/mol. The third kappa shape index (κ3) is 6.64. The molecule has 1 N–H and O–H groups in total. The normalized spacial score (nSPS) is 23.8. The van der Waals surface area contributed by atoms with Gasteiger partial charge in [0.1, 0.15) is 0 Å². The van der Waals surface area contributed by atoms with Crippen molar-refractivity contribution in [2.45, 2.75) is 19.3 Å². The first-order valence-corrected chi connectivity index (χ1v) is 10.2. The van der Waals surface area contributed by atoms with Gasteiger partial charge in [0.05, 0.1) is 12.9 Å². The molecule has 2 saturated heterocycles. The van der Waals surface area contributed by atoms with Crippen molar-refractivity contribution in [2.75, 3.05) is 59.7 Å². The SMILES string of the molecule is CN=C(NCC1CCN(S(C)(=O)=O)CC1)N(C)CC1CCOC1.I. The quantitative estimate of drug-likeness (QED) is 0.363. The van der Waals surface area contributed by atoms with Crippen LogP contribution in [-0.4, -0.2) is 83.3 Å². The molecule has 2 heterocycles. The van der Waals surface area contributed by atoms with Gasteiger partial charge in [0.2, 0.25) is 10.0 Å². The molecule has 0 spiro atoms. The molecule has 0 aromatic heterocycles. The first kappa shape index (κ1) is 21.9. The van der Waals surface area contributed by atoms with E-state index in [4.69, 9.17) is 4.74 Å². The number of ether oxygens (including phenoxy) is 1. The second kappa shape index (κ2) is 10.1. The van der Waals surface area contributed by atoms with Gasteiger partial charge in [-0.25, -0.2) is 12.7 Å². The summed E-state index contributed by atoms with van der Waals surface area (Å²) >= 11 is 0. The first-order valence-electron chi connectivity index (χ1n) is 8.34. The van der Waals surface area contributed by atoms with Crippen LogP contribution in [0.2, 0.25) is 0 Å². The van der Waals surface area contributed by atoms with Crippen molar-refractivity contribution in [1.29, 1.82) is 0 Å². The smallest absolute Gasteiger partial charge is 0.211 e. The lowest BCUT2D eigenvalue weighted by atomic mass is 9.98. The van der Waals surface area contributed by atoms with Gasteiger partial charge in [0.15, 0.2) is 5.96 Å². The molecule has 2 aliphatic rings. The summed E-state index contributed by atoms with van der Waals surface area (Å²) in [5.74, 6) is 1.98. The minimum atomic E-state index is -3.04. The van der Waals surface area contributed by atoms with Gasteiger partial charge in [-0.05, 0) is 25.2 Å². The maximum absolute atomic E-state index is 11.5. The van der Waals surface area contributed by atoms with Crippen molar-refractivity contribution < 1.29 is 13.2 Å². The highest BCUT2D eigenvalue weighted by Gasteiger charge is 2.25. The average Bonchev–Trinajstić information content (AvgIpc) is 3.00. The summed E-state index contributed by atoms with van der Waals surface area (Å²) in [6.07, 6.45) is 4.20. The number of nitrogens with zero attached hydrogens (tertiary/aromatic N) is 3. The molecule has 24 heavy (non-hydrogen) atoms. The summed E-state index contributed by atoms with van der Waals surface area (Å²) in [4.78, 5) is 6.51. The van der Waals surface area contributed by atoms with Crippen LogP contribution in [0.3, 0.4) is 0 Å². The van der Waals surface area contributed by atoms with Crippen LogP contribution >= 0.6 is 24.0 Å².